The van der Waals surface area contributed by atoms with Gasteiger partial charge in [0.2, 0.25) is 10.0 Å². The molecule has 0 aliphatic rings. The number of benzene rings is 2. The summed E-state index contributed by atoms with van der Waals surface area (Å²) >= 11 is 0. The minimum atomic E-state index is -3.91. The molecule has 2 N–H and O–H groups in total. The maximum Gasteiger partial charge on any atom is 0.238 e. The van der Waals surface area contributed by atoms with Crippen LogP contribution in [0.3, 0.4) is 0 Å². The van der Waals surface area contributed by atoms with Crippen molar-refractivity contribution in [3.63, 3.8) is 0 Å². The molecule has 25 heavy (non-hydrogen) atoms. The molecular weight excluding hydrogens is 350 g/mol. The van der Waals surface area contributed by atoms with Gasteiger partial charge in [0.15, 0.2) is 11.2 Å². The zero-order valence-electron chi connectivity index (χ0n) is 13.2. The smallest absolute Gasteiger partial charge is 0.238 e. The second-order valence-corrected chi connectivity index (χ2v) is 7.04. The van der Waals surface area contributed by atoms with Crippen LogP contribution in [0.4, 0.5) is 8.78 Å². The Hall–Kier alpha value is -2.58. The predicted octanol–water partition coefficient (Wildman–Crippen LogP) is 2.61. The summed E-state index contributed by atoms with van der Waals surface area (Å²) in [5.74, 6) is -1.78. The second kappa shape index (κ2) is 6.05. The fraction of sp³-hybridized carbons (Fsp3) is 0.118. The SMILES string of the molecule is CCn1ccc(=O)c2cc(F)c(-c3ccc(S(N)(=O)=O)cc3)c(F)c21. The largest absolute Gasteiger partial charge is 0.345 e. The Balaban J connectivity index is 2.32. The number of nitrogens with zero attached hydrogens (tertiary/aromatic N) is 1. The van der Waals surface area contributed by atoms with Crippen molar-refractivity contribution >= 4 is 20.9 Å². The van der Waals surface area contributed by atoms with E-state index in [1.54, 1.807) is 6.92 Å². The van der Waals surface area contributed by atoms with E-state index in [0.717, 1.165) is 6.07 Å². The highest BCUT2D eigenvalue weighted by atomic mass is 32.2. The highest BCUT2D eigenvalue weighted by Crippen LogP contribution is 2.31. The van der Waals surface area contributed by atoms with Crippen molar-refractivity contribution in [2.24, 2.45) is 5.14 Å². The molecule has 8 heteroatoms. The molecule has 0 atom stereocenters. The quantitative estimate of drug-likeness (QED) is 0.776. The number of hydrogen-bond donors (Lipinski definition) is 1. The predicted molar refractivity (Wildman–Crippen MR) is 90.6 cm³/mol. The molecule has 0 amide bonds. The maximum absolute atomic E-state index is 15.0. The van der Waals surface area contributed by atoms with Gasteiger partial charge < -0.3 is 4.57 Å². The average molecular weight is 364 g/mol. The van der Waals surface area contributed by atoms with E-state index in [-0.39, 0.29) is 26.9 Å². The fourth-order valence-corrected chi connectivity index (χ4v) is 3.25. The first-order valence-electron chi connectivity index (χ1n) is 7.38. The minimum absolute atomic E-state index is 0.00178. The Morgan fingerprint density at radius 2 is 1.76 bits per heavy atom. The van der Waals surface area contributed by atoms with Gasteiger partial charge in [-0.3, -0.25) is 4.79 Å². The number of primary sulfonamides is 1. The van der Waals surface area contributed by atoms with Gasteiger partial charge in [0.1, 0.15) is 5.82 Å². The van der Waals surface area contributed by atoms with Gasteiger partial charge in [0.05, 0.1) is 21.4 Å². The molecule has 0 radical (unpaired) electrons. The van der Waals surface area contributed by atoms with Crippen LogP contribution in [0.5, 0.6) is 0 Å². The molecule has 0 aliphatic heterocycles. The van der Waals surface area contributed by atoms with Crippen LogP contribution in [-0.2, 0) is 16.6 Å². The number of aromatic nitrogens is 1. The second-order valence-electron chi connectivity index (χ2n) is 5.48. The van der Waals surface area contributed by atoms with Gasteiger partial charge in [-0.15, -0.1) is 0 Å². The topological polar surface area (TPSA) is 82.2 Å². The van der Waals surface area contributed by atoms with Crippen LogP contribution in [0, 0.1) is 11.6 Å². The summed E-state index contributed by atoms with van der Waals surface area (Å²) in [5.41, 5.74) is -0.667. The van der Waals surface area contributed by atoms with Crippen molar-refractivity contribution in [1.82, 2.24) is 4.57 Å². The Kier molecular flexibility index (Phi) is 4.18. The highest BCUT2D eigenvalue weighted by Gasteiger charge is 2.19. The summed E-state index contributed by atoms with van der Waals surface area (Å²) in [6.45, 7) is 2.16. The number of aryl methyl sites for hydroxylation is 1. The van der Waals surface area contributed by atoms with Gasteiger partial charge in [-0.2, -0.15) is 0 Å². The van der Waals surface area contributed by atoms with Crippen LogP contribution >= 0.6 is 0 Å². The van der Waals surface area contributed by atoms with Gasteiger partial charge >= 0.3 is 0 Å². The standard InChI is InChI=1S/C17H14F2N2O3S/c1-2-21-8-7-14(22)12-9-13(18)15(16(19)17(12)21)10-3-5-11(6-4-10)25(20,23)24/h3-9H,2H2,1H3,(H2,20,23,24). The Labute approximate surface area is 142 Å². The van der Waals surface area contributed by atoms with Crippen molar-refractivity contribution in [2.75, 3.05) is 0 Å². The normalized spacial score (nSPS) is 11.8. The molecule has 130 valence electrons. The van der Waals surface area contributed by atoms with Crippen LogP contribution in [0.2, 0.25) is 0 Å². The summed E-state index contributed by atoms with van der Waals surface area (Å²) in [7, 11) is -3.91. The molecule has 0 bridgehead atoms. The number of halogens is 2. The Morgan fingerprint density at radius 1 is 1.12 bits per heavy atom. The lowest BCUT2D eigenvalue weighted by Gasteiger charge is -2.13. The molecule has 1 heterocycles. The van der Waals surface area contributed by atoms with E-state index < -0.39 is 27.1 Å². The lowest BCUT2D eigenvalue weighted by atomic mass is 10.0. The molecule has 0 unspecified atom stereocenters. The van der Waals surface area contributed by atoms with Crippen LogP contribution in [-0.4, -0.2) is 13.0 Å². The van der Waals surface area contributed by atoms with Gasteiger partial charge in [-0.25, -0.2) is 22.3 Å². The van der Waals surface area contributed by atoms with Crippen molar-refractivity contribution in [1.29, 1.82) is 0 Å². The van der Waals surface area contributed by atoms with Crippen LogP contribution in [0.15, 0.2) is 52.3 Å². The van der Waals surface area contributed by atoms with Crippen LogP contribution in [0.25, 0.3) is 22.0 Å². The molecule has 0 saturated heterocycles. The summed E-state index contributed by atoms with van der Waals surface area (Å²) in [6.07, 6.45) is 1.44. The first-order valence-corrected chi connectivity index (χ1v) is 8.93. The van der Waals surface area contributed by atoms with E-state index in [2.05, 4.69) is 0 Å². The van der Waals surface area contributed by atoms with E-state index in [1.165, 1.54) is 41.1 Å². The van der Waals surface area contributed by atoms with Gasteiger partial charge in [-0.1, -0.05) is 12.1 Å². The van der Waals surface area contributed by atoms with Crippen molar-refractivity contribution in [3.8, 4) is 11.1 Å². The molecule has 0 spiro atoms. The monoisotopic (exact) mass is 364 g/mol. The number of rotatable bonds is 3. The first-order chi connectivity index (χ1) is 11.7. The Morgan fingerprint density at radius 3 is 2.32 bits per heavy atom. The molecule has 3 rings (SSSR count). The summed E-state index contributed by atoms with van der Waals surface area (Å²) in [5, 5.41) is 4.97. The molecule has 5 nitrogen and oxygen atoms in total. The molecule has 0 aliphatic carbocycles. The summed E-state index contributed by atoms with van der Waals surface area (Å²) in [4.78, 5) is 11.8. The number of sulfonamides is 1. The van der Waals surface area contributed by atoms with E-state index in [1.807, 2.05) is 0 Å². The number of fused-ring (bicyclic) bond motifs is 1. The lowest BCUT2D eigenvalue weighted by Crippen LogP contribution is -2.12. The summed E-state index contributed by atoms with van der Waals surface area (Å²) in [6, 6.07) is 7.13. The summed E-state index contributed by atoms with van der Waals surface area (Å²) < 4.78 is 53.6. The zero-order chi connectivity index (χ0) is 18.4. The van der Waals surface area contributed by atoms with Crippen molar-refractivity contribution in [3.05, 3.63) is 64.5 Å². The Bertz CT molecular complexity index is 1140. The zero-order valence-corrected chi connectivity index (χ0v) is 14.0. The van der Waals surface area contributed by atoms with Gasteiger partial charge in [0.25, 0.3) is 0 Å². The van der Waals surface area contributed by atoms with E-state index >= 15 is 4.39 Å². The molecule has 0 fully saturated rings. The maximum atomic E-state index is 15.0. The lowest BCUT2D eigenvalue weighted by molar-refractivity contribution is 0.590. The fourth-order valence-electron chi connectivity index (χ4n) is 2.74. The van der Waals surface area contributed by atoms with Crippen molar-refractivity contribution < 1.29 is 17.2 Å². The van der Waals surface area contributed by atoms with E-state index in [9.17, 15) is 17.6 Å². The van der Waals surface area contributed by atoms with Crippen molar-refractivity contribution in [2.45, 2.75) is 18.4 Å². The van der Waals surface area contributed by atoms with Crippen LogP contribution < -0.4 is 10.6 Å². The molecule has 2 aromatic carbocycles. The van der Waals surface area contributed by atoms with E-state index in [4.69, 9.17) is 5.14 Å². The van der Waals surface area contributed by atoms with E-state index in [0.29, 0.717) is 6.54 Å². The molecular formula is C17H14F2N2O3S. The van der Waals surface area contributed by atoms with Gasteiger partial charge in [0, 0.05) is 18.8 Å². The average Bonchev–Trinajstić information content (AvgIpc) is 2.55. The number of hydrogen-bond acceptors (Lipinski definition) is 3. The molecule has 0 saturated carbocycles. The number of pyridine rings is 1. The molecule has 3 aromatic rings. The highest BCUT2D eigenvalue weighted by molar-refractivity contribution is 7.89. The van der Waals surface area contributed by atoms with Crippen LogP contribution in [0.1, 0.15) is 6.92 Å². The third kappa shape index (κ3) is 2.94. The third-order valence-electron chi connectivity index (χ3n) is 3.96. The van der Waals surface area contributed by atoms with Gasteiger partial charge in [-0.05, 0) is 30.7 Å². The third-order valence-corrected chi connectivity index (χ3v) is 4.89. The molecule has 1 aromatic heterocycles. The number of nitrogens with two attached hydrogens (primary N) is 1. The minimum Gasteiger partial charge on any atom is -0.345 e. The first kappa shape index (κ1) is 17.2.